The summed E-state index contributed by atoms with van der Waals surface area (Å²) >= 11 is 0. The summed E-state index contributed by atoms with van der Waals surface area (Å²) in [7, 11) is -2.30. The highest BCUT2D eigenvalue weighted by Crippen LogP contribution is 2.48. The van der Waals surface area contributed by atoms with Crippen LogP contribution in [-0.4, -0.2) is 26.1 Å². The highest BCUT2D eigenvalue weighted by Gasteiger charge is 2.48. The minimum atomic E-state index is -2.30. The summed E-state index contributed by atoms with van der Waals surface area (Å²) in [5.41, 5.74) is 3.39. The van der Waals surface area contributed by atoms with E-state index in [2.05, 4.69) is 5.32 Å². The van der Waals surface area contributed by atoms with E-state index in [0.717, 1.165) is 27.8 Å². The average molecular weight is 494 g/mol. The Hall–Kier alpha value is -2.55. The maximum Gasteiger partial charge on any atom is 0.0914 e. The topological polar surface area (TPSA) is 96.7 Å². The fourth-order valence-corrected chi connectivity index (χ4v) is 6.27. The van der Waals surface area contributed by atoms with Crippen LogP contribution in [0.5, 0.6) is 0 Å². The van der Waals surface area contributed by atoms with E-state index in [4.69, 9.17) is 4.78 Å². The van der Waals surface area contributed by atoms with Crippen LogP contribution in [0.15, 0.2) is 78.9 Å². The summed E-state index contributed by atoms with van der Waals surface area (Å²) in [6.07, 6.45) is -0.821. The van der Waals surface area contributed by atoms with Crippen LogP contribution in [0.2, 0.25) is 0 Å². The van der Waals surface area contributed by atoms with Gasteiger partial charge in [0.05, 0.1) is 28.5 Å². The van der Waals surface area contributed by atoms with E-state index in [9.17, 15) is 14.5 Å². The van der Waals surface area contributed by atoms with Crippen LogP contribution in [0.1, 0.15) is 72.9 Å². The van der Waals surface area contributed by atoms with Crippen molar-refractivity contribution < 1.29 is 14.5 Å². The van der Waals surface area contributed by atoms with Crippen molar-refractivity contribution in [2.24, 2.45) is 0 Å². The number of aliphatic hydroxyl groups is 1. The Bertz CT molecular complexity index is 1230. The summed E-state index contributed by atoms with van der Waals surface area (Å²) in [5.74, 6) is 0. The number of hydrogen-bond donors (Lipinski definition) is 5. The quantitative estimate of drug-likeness (QED) is 0.278. The monoisotopic (exact) mass is 493 g/mol. The number of benzene rings is 3. The van der Waals surface area contributed by atoms with E-state index in [1.165, 1.54) is 5.06 Å². The van der Waals surface area contributed by atoms with Crippen molar-refractivity contribution in [2.45, 2.75) is 56.2 Å². The predicted octanol–water partition coefficient (Wildman–Crippen LogP) is 5.21. The zero-order valence-electron chi connectivity index (χ0n) is 20.6. The SMILES string of the molecule is CC1(C)c2ccc([C@@H](O)CN[C@@H](c3ccccc3)[C@@H](c3ccccc3)[SH](=N)=O)cc2C(C)(C)N1O. The highest BCUT2D eigenvalue weighted by atomic mass is 32.2. The molecule has 0 amide bonds. The second-order valence-electron chi connectivity index (χ2n) is 10.2. The molecule has 0 spiro atoms. The van der Waals surface area contributed by atoms with Crippen molar-refractivity contribution in [3.63, 3.8) is 0 Å². The molecule has 3 aromatic carbocycles. The van der Waals surface area contributed by atoms with Crippen LogP contribution in [0, 0.1) is 4.78 Å². The third-order valence-electron chi connectivity index (χ3n) is 7.20. The lowest BCUT2D eigenvalue weighted by molar-refractivity contribution is -0.216. The van der Waals surface area contributed by atoms with Crippen LogP contribution < -0.4 is 5.32 Å². The molecule has 0 radical (unpaired) electrons. The molecular weight excluding hydrogens is 458 g/mol. The van der Waals surface area contributed by atoms with Crippen LogP contribution in [0.25, 0.3) is 0 Å². The fourth-order valence-electron chi connectivity index (χ4n) is 5.28. The molecule has 3 aromatic rings. The molecule has 0 aromatic heterocycles. The van der Waals surface area contributed by atoms with E-state index < -0.39 is 39.1 Å². The number of rotatable bonds is 8. The van der Waals surface area contributed by atoms with Crippen LogP contribution in [0.4, 0.5) is 0 Å². The number of nitrogens with one attached hydrogen (secondary N) is 2. The molecule has 1 unspecified atom stereocenters. The van der Waals surface area contributed by atoms with Crippen molar-refractivity contribution in [3.8, 4) is 0 Å². The first-order chi connectivity index (χ1) is 16.5. The molecule has 186 valence electrons. The molecule has 6 nitrogen and oxygen atoms in total. The third-order valence-corrected chi connectivity index (χ3v) is 8.31. The van der Waals surface area contributed by atoms with Gasteiger partial charge in [-0.05, 0) is 55.5 Å². The summed E-state index contributed by atoms with van der Waals surface area (Å²) in [4.78, 5) is 0. The molecule has 4 rings (SSSR count). The van der Waals surface area contributed by atoms with E-state index >= 15 is 0 Å². The van der Waals surface area contributed by atoms with Crippen LogP contribution >= 0.6 is 0 Å². The molecule has 1 heterocycles. The summed E-state index contributed by atoms with van der Waals surface area (Å²) in [6, 6.07) is 24.6. The zero-order valence-corrected chi connectivity index (χ0v) is 21.5. The zero-order chi connectivity index (χ0) is 25.4. The molecule has 35 heavy (non-hydrogen) atoms. The lowest BCUT2D eigenvalue weighted by atomic mass is 9.88. The predicted molar refractivity (Wildman–Crippen MR) is 140 cm³/mol. The molecule has 0 saturated carbocycles. The largest absolute Gasteiger partial charge is 0.387 e. The van der Waals surface area contributed by atoms with E-state index in [1.54, 1.807) is 0 Å². The van der Waals surface area contributed by atoms with Gasteiger partial charge in [-0.2, -0.15) is 5.06 Å². The van der Waals surface area contributed by atoms with E-state index in [0.29, 0.717) is 0 Å². The molecular formula is C28H35N3O3S. The first-order valence-corrected chi connectivity index (χ1v) is 13.2. The Morgan fingerprint density at radius 1 is 0.857 bits per heavy atom. The van der Waals surface area contributed by atoms with Gasteiger partial charge in [0.25, 0.3) is 0 Å². The number of nitrogens with zero attached hydrogens (tertiary/aromatic N) is 1. The first kappa shape index (κ1) is 25.5. The molecule has 1 aliphatic rings. The number of aliphatic hydroxyl groups excluding tert-OH is 1. The van der Waals surface area contributed by atoms with E-state index in [-0.39, 0.29) is 6.54 Å². The Morgan fingerprint density at radius 3 is 1.97 bits per heavy atom. The second-order valence-corrected chi connectivity index (χ2v) is 11.4. The van der Waals surface area contributed by atoms with Crippen molar-refractivity contribution in [1.29, 1.82) is 4.78 Å². The normalized spacial score (nSPS) is 20.1. The van der Waals surface area contributed by atoms with Gasteiger partial charge in [-0.25, -0.2) is 0 Å². The standard InChI is InChI=1S/C28H35N3O3S/c1-27(2)22-16-15-21(17-23(22)28(3,4)31(27)33)24(32)18-30-25(19-11-7-5-8-12-19)26(35(29)34)20-13-9-6-10-14-20/h5-17,24-26,29-30,32-33,35H,18H2,1-4H3/t24-,25-,26+/m0/s1. The molecule has 0 aliphatic carbocycles. The minimum absolute atomic E-state index is 0.220. The van der Waals surface area contributed by atoms with Gasteiger partial charge >= 0.3 is 0 Å². The average Bonchev–Trinajstić information content (AvgIpc) is 2.99. The molecule has 4 N–H and O–H groups in total. The summed E-state index contributed by atoms with van der Waals surface area (Å²) < 4.78 is 20.8. The fraction of sp³-hybridized carbons (Fsp3) is 0.357. The number of hydroxylamine groups is 2. The lowest BCUT2D eigenvalue weighted by Crippen LogP contribution is -2.42. The maximum absolute atomic E-state index is 12.6. The Kier molecular flexibility index (Phi) is 7.18. The lowest BCUT2D eigenvalue weighted by Gasteiger charge is -2.34. The molecule has 7 heteroatoms. The molecule has 4 atom stereocenters. The first-order valence-electron chi connectivity index (χ1n) is 11.9. The Morgan fingerprint density at radius 2 is 1.40 bits per heavy atom. The van der Waals surface area contributed by atoms with Crippen molar-refractivity contribution in [2.75, 3.05) is 6.54 Å². The second kappa shape index (κ2) is 9.84. The van der Waals surface area contributed by atoms with Gasteiger partial charge in [0, 0.05) is 17.1 Å². The van der Waals surface area contributed by atoms with Crippen LogP contribution in [0.3, 0.4) is 0 Å². The van der Waals surface area contributed by atoms with Gasteiger partial charge in [0.15, 0.2) is 0 Å². The van der Waals surface area contributed by atoms with Gasteiger partial charge < -0.3 is 15.6 Å². The van der Waals surface area contributed by atoms with Crippen molar-refractivity contribution in [3.05, 3.63) is 107 Å². The van der Waals surface area contributed by atoms with E-state index in [1.807, 2.05) is 107 Å². The van der Waals surface area contributed by atoms with Gasteiger partial charge in [-0.3, -0.25) is 8.99 Å². The number of fused-ring (bicyclic) bond motifs is 1. The minimum Gasteiger partial charge on any atom is -0.387 e. The Labute approximate surface area is 209 Å². The Balaban J connectivity index is 1.63. The third kappa shape index (κ3) is 4.79. The van der Waals surface area contributed by atoms with Crippen molar-refractivity contribution in [1.82, 2.24) is 10.4 Å². The molecule has 0 fully saturated rings. The molecule has 0 bridgehead atoms. The van der Waals surface area contributed by atoms with Gasteiger partial charge in [-0.15, -0.1) is 0 Å². The highest BCUT2D eigenvalue weighted by molar-refractivity contribution is 7.73. The van der Waals surface area contributed by atoms with Crippen molar-refractivity contribution >= 4 is 10.6 Å². The molecule has 0 saturated heterocycles. The smallest absolute Gasteiger partial charge is 0.0914 e. The number of thiol groups is 1. The molecule has 1 aliphatic heterocycles. The van der Waals surface area contributed by atoms with Gasteiger partial charge in [-0.1, -0.05) is 78.9 Å². The van der Waals surface area contributed by atoms with Gasteiger partial charge in [0.2, 0.25) is 0 Å². The summed E-state index contributed by atoms with van der Waals surface area (Å²) in [6.45, 7) is 8.12. The maximum atomic E-state index is 12.6. The van der Waals surface area contributed by atoms with Gasteiger partial charge in [0.1, 0.15) is 0 Å². The summed E-state index contributed by atoms with van der Waals surface area (Å²) in [5, 5.41) is 26.1. The number of hydrogen-bond acceptors (Lipinski definition) is 6. The van der Waals surface area contributed by atoms with Crippen LogP contribution in [-0.2, 0) is 21.7 Å².